The molecule has 0 bridgehead atoms. The predicted molar refractivity (Wildman–Crippen MR) is 110 cm³/mol. The molecule has 2 aromatic rings. The van der Waals surface area contributed by atoms with E-state index in [9.17, 15) is 4.79 Å². The van der Waals surface area contributed by atoms with Crippen molar-refractivity contribution < 1.29 is 4.79 Å². The summed E-state index contributed by atoms with van der Waals surface area (Å²) in [4.78, 5) is 18.8. The SMILES string of the molecule is Cc1cc(C(=O)N(C)CCC(N)C(C)C)c(C)n1-c1nccs1.Cl.Cl. The highest BCUT2D eigenvalue weighted by Gasteiger charge is 2.21. The number of carbonyl (C=O) groups is 1. The summed E-state index contributed by atoms with van der Waals surface area (Å²) in [6, 6.07) is 2.06. The van der Waals surface area contributed by atoms with Crippen LogP contribution in [0.15, 0.2) is 17.6 Å². The van der Waals surface area contributed by atoms with Gasteiger partial charge in [0.1, 0.15) is 0 Å². The van der Waals surface area contributed by atoms with Gasteiger partial charge in [0.05, 0.1) is 5.56 Å². The Labute approximate surface area is 166 Å². The minimum Gasteiger partial charge on any atom is -0.342 e. The highest BCUT2D eigenvalue weighted by molar-refractivity contribution is 7.12. The fourth-order valence-electron chi connectivity index (χ4n) is 2.58. The highest BCUT2D eigenvalue weighted by atomic mass is 35.5. The van der Waals surface area contributed by atoms with Gasteiger partial charge in [-0.15, -0.1) is 36.2 Å². The molecule has 1 amide bonds. The number of hydrogen-bond acceptors (Lipinski definition) is 4. The van der Waals surface area contributed by atoms with Crippen molar-refractivity contribution in [1.82, 2.24) is 14.5 Å². The van der Waals surface area contributed by atoms with Crippen LogP contribution in [-0.4, -0.2) is 40.0 Å². The minimum atomic E-state index is 0. The Hall–Kier alpha value is -1.08. The molecule has 5 nitrogen and oxygen atoms in total. The van der Waals surface area contributed by atoms with Crippen molar-refractivity contribution >= 4 is 42.1 Å². The van der Waals surface area contributed by atoms with Gasteiger partial charge < -0.3 is 10.6 Å². The quantitative estimate of drug-likeness (QED) is 0.791. The summed E-state index contributed by atoms with van der Waals surface area (Å²) in [6.45, 7) is 8.84. The summed E-state index contributed by atoms with van der Waals surface area (Å²) in [5.74, 6) is 0.463. The molecule has 25 heavy (non-hydrogen) atoms. The molecule has 2 heterocycles. The molecular weight excluding hydrogens is 379 g/mol. The van der Waals surface area contributed by atoms with Gasteiger partial charge in [-0.3, -0.25) is 9.36 Å². The molecule has 8 heteroatoms. The lowest BCUT2D eigenvalue weighted by molar-refractivity contribution is 0.0788. The zero-order chi connectivity index (χ0) is 17.1. The van der Waals surface area contributed by atoms with E-state index in [2.05, 4.69) is 18.8 Å². The van der Waals surface area contributed by atoms with Crippen molar-refractivity contribution in [3.8, 4) is 5.13 Å². The molecule has 2 N–H and O–H groups in total. The van der Waals surface area contributed by atoms with Crippen LogP contribution in [0.3, 0.4) is 0 Å². The maximum absolute atomic E-state index is 12.7. The van der Waals surface area contributed by atoms with E-state index < -0.39 is 0 Å². The number of halogens is 2. The standard InChI is InChI=1S/C17H26N4OS.2ClH/c1-11(2)15(18)6-8-20(5)16(22)14-10-12(3)21(13(14)4)17-19-7-9-23-17;;/h7,9-11,15H,6,8,18H2,1-5H3;2*1H. The number of thiazole rings is 1. The van der Waals surface area contributed by atoms with Gasteiger partial charge in [0.15, 0.2) is 5.13 Å². The zero-order valence-electron chi connectivity index (χ0n) is 15.4. The van der Waals surface area contributed by atoms with Gasteiger partial charge >= 0.3 is 0 Å². The van der Waals surface area contributed by atoms with Crippen LogP contribution in [0, 0.1) is 19.8 Å². The van der Waals surface area contributed by atoms with Gasteiger partial charge in [-0.1, -0.05) is 13.8 Å². The highest BCUT2D eigenvalue weighted by Crippen LogP contribution is 2.23. The number of amides is 1. The first-order valence-electron chi connectivity index (χ1n) is 7.92. The van der Waals surface area contributed by atoms with Crippen molar-refractivity contribution in [3.63, 3.8) is 0 Å². The fourth-order valence-corrected chi connectivity index (χ4v) is 3.33. The van der Waals surface area contributed by atoms with Gasteiger partial charge in [-0.05, 0) is 32.3 Å². The van der Waals surface area contributed by atoms with Crippen molar-refractivity contribution in [2.45, 2.75) is 40.2 Å². The van der Waals surface area contributed by atoms with Gasteiger partial charge in [0.2, 0.25) is 0 Å². The first-order valence-corrected chi connectivity index (χ1v) is 8.80. The molecule has 0 saturated heterocycles. The topological polar surface area (TPSA) is 64.2 Å². The monoisotopic (exact) mass is 406 g/mol. The molecule has 0 radical (unpaired) electrons. The summed E-state index contributed by atoms with van der Waals surface area (Å²) in [7, 11) is 1.84. The summed E-state index contributed by atoms with van der Waals surface area (Å²) in [5.41, 5.74) is 8.77. The van der Waals surface area contributed by atoms with Crippen LogP contribution in [0.1, 0.15) is 42.0 Å². The number of rotatable bonds is 6. The molecule has 0 saturated carbocycles. The molecule has 1 atom stereocenters. The first kappa shape index (κ1) is 23.9. The Kier molecular flexibility index (Phi) is 9.72. The van der Waals surface area contributed by atoms with Crippen LogP contribution < -0.4 is 5.73 Å². The molecule has 0 spiro atoms. The minimum absolute atomic E-state index is 0. The summed E-state index contributed by atoms with van der Waals surface area (Å²) in [6.07, 6.45) is 2.59. The molecule has 0 aliphatic heterocycles. The lowest BCUT2D eigenvalue weighted by Gasteiger charge is -2.21. The first-order chi connectivity index (χ1) is 10.8. The molecule has 0 aromatic carbocycles. The Morgan fingerprint density at radius 2 is 2.00 bits per heavy atom. The Balaban J connectivity index is 0.00000288. The van der Waals surface area contributed by atoms with Crippen molar-refractivity contribution in [2.75, 3.05) is 13.6 Å². The maximum Gasteiger partial charge on any atom is 0.255 e. The van der Waals surface area contributed by atoms with E-state index in [0.717, 1.165) is 28.5 Å². The fraction of sp³-hybridized carbons (Fsp3) is 0.529. The van der Waals surface area contributed by atoms with Crippen molar-refractivity contribution in [2.24, 2.45) is 11.7 Å². The number of carbonyl (C=O) groups excluding carboxylic acids is 1. The van der Waals surface area contributed by atoms with E-state index in [1.165, 1.54) is 0 Å². The summed E-state index contributed by atoms with van der Waals surface area (Å²) in [5, 5.41) is 2.83. The zero-order valence-corrected chi connectivity index (χ0v) is 17.8. The third-order valence-corrected chi connectivity index (χ3v) is 5.03. The van der Waals surface area contributed by atoms with E-state index in [1.54, 1.807) is 22.4 Å². The molecule has 2 aromatic heterocycles. The molecular formula is C17H28Cl2N4OS. The smallest absolute Gasteiger partial charge is 0.255 e. The van der Waals surface area contributed by atoms with Crippen molar-refractivity contribution in [1.29, 1.82) is 0 Å². The van der Waals surface area contributed by atoms with Crippen LogP contribution >= 0.6 is 36.2 Å². The average molecular weight is 407 g/mol. The number of aromatic nitrogens is 2. The third kappa shape index (κ3) is 5.45. The molecule has 0 aliphatic rings. The van der Waals surface area contributed by atoms with Crippen molar-refractivity contribution in [3.05, 3.63) is 34.6 Å². The van der Waals surface area contributed by atoms with Gasteiger partial charge in [0.25, 0.3) is 5.91 Å². The summed E-state index contributed by atoms with van der Waals surface area (Å²) < 4.78 is 2.03. The maximum atomic E-state index is 12.7. The molecule has 0 fully saturated rings. The Bertz CT molecular complexity index is 670. The van der Waals surface area contributed by atoms with Crippen LogP contribution in [-0.2, 0) is 0 Å². The molecule has 1 unspecified atom stereocenters. The lowest BCUT2D eigenvalue weighted by atomic mass is 10.0. The van der Waals surface area contributed by atoms with E-state index in [4.69, 9.17) is 5.73 Å². The molecule has 2 rings (SSSR count). The Morgan fingerprint density at radius 1 is 1.36 bits per heavy atom. The third-order valence-electron chi connectivity index (χ3n) is 4.27. The molecule has 142 valence electrons. The van der Waals surface area contributed by atoms with Crippen LogP contribution in [0.25, 0.3) is 5.13 Å². The van der Waals surface area contributed by atoms with Gasteiger partial charge in [-0.2, -0.15) is 0 Å². The lowest BCUT2D eigenvalue weighted by Crippen LogP contribution is -2.34. The average Bonchev–Trinajstić information content (AvgIpc) is 3.11. The Morgan fingerprint density at radius 3 is 2.52 bits per heavy atom. The predicted octanol–water partition coefficient (Wildman–Crippen LogP) is 3.84. The normalized spacial score (nSPS) is 11.6. The molecule has 0 aliphatic carbocycles. The number of hydrogen-bond donors (Lipinski definition) is 1. The second-order valence-electron chi connectivity index (χ2n) is 6.36. The van der Waals surface area contributed by atoms with Crippen LogP contribution in [0.2, 0.25) is 0 Å². The van der Waals surface area contributed by atoms with Gasteiger partial charge in [-0.25, -0.2) is 4.98 Å². The largest absolute Gasteiger partial charge is 0.342 e. The van der Waals surface area contributed by atoms with E-state index >= 15 is 0 Å². The second-order valence-corrected chi connectivity index (χ2v) is 7.23. The van der Waals surface area contributed by atoms with E-state index in [0.29, 0.717) is 12.5 Å². The van der Waals surface area contributed by atoms with E-state index in [-0.39, 0.29) is 36.8 Å². The summed E-state index contributed by atoms with van der Waals surface area (Å²) >= 11 is 1.57. The van der Waals surface area contributed by atoms with Gasteiger partial charge in [0, 0.05) is 42.6 Å². The van der Waals surface area contributed by atoms with Crippen LogP contribution in [0.4, 0.5) is 0 Å². The number of nitrogens with zero attached hydrogens (tertiary/aromatic N) is 3. The number of aryl methyl sites for hydroxylation is 1. The second kappa shape index (κ2) is 10.2. The number of nitrogens with two attached hydrogens (primary N) is 1. The van der Waals surface area contributed by atoms with Crippen LogP contribution in [0.5, 0.6) is 0 Å². The van der Waals surface area contributed by atoms with E-state index in [1.807, 2.05) is 36.9 Å².